The minimum absolute atomic E-state index is 0.000205. The summed E-state index contributed by atoms with van der Waals surface area (Å²) in [6, 6.07) is 19.9. The molecule has 2 aromatic carbocycles. The summed E-state index contributed by atoms with van der Waals surface area (Å²) < 4.78 is 5.24. The molecule has 0 aliphatic heterocycles. The van der Waals surface area contributed by atoms with E-state index in [9.17, 15) is 14.9 Å². The first kappa shape index (κ1) is 26.1. The van der Waals surface area contributed by atoms with E-state index in [2.05, 4.69) is 15.3 Å². The lowest BCUT2D eigenvalue weighted by atomic mass is 10.0. The van der Waals surface area contributed by atoms with Gasteiger partial charge in [-0.15, -0.1) is 0 Å². The molecule has 0 bridgehead atoms. The number of carbonyl (C=O) groups is 1. The molecular weight excluding hydrogens is 458 g/mol. The lowest BCUT2D eigenvalue weighted by molar-refractivity contribution is -0.384. The van der Waals surface area contributed by atoms with Crippen LogP contribution in [-0.2, 0) is 11.2 Å². The maximum atomic E-state index is 12.0. The molecular formula is C27H29N5O4. The molecule has 0 aliphatic carbocycles. The first-order valence-electron chi connectivity index (χ1n) is 11.3. The highest BCUT2D eigenvalue weighted by Gasteiger charge is 2.16. The van der Waals surface area contributed by atoms with Gasteiger partial charge >= 0.3 is 6.09 Å². The molecule has 0 saturated heterocycles. The molecule has 1 heterocycles. The zero-order valence-electron chi connectivity index (χ0n) is 20.7. The number of alkyl carbamates (subject to hydrolysis) is 1. The molecule has 9 nitrogen and oxygen atoms in total. The Morgan fingerprint density at radius 1 is 1.11 bits per heavy atom. The van der Waals surface area contributed by atoms with Gasteiger partial charge in [-0.25, -0.2) is 14.8 Å². The van der Waals surface area contributed by atoms with Crippen molar-refractivity contribution in [1.82, 2.24) is 10.3 Å². The lowest BCUT2D eigenvalue weighted by Crippen LogP contribution is -2.31. The van der Waals surface area contributed by atoms with Crippen molar-refractivity contribution in [2.24, 2.45) is 10.7 Å². The Labute approximate surface area is 209 Å². The smallest absolute Gasteiger partial charge is 0.411 e. The number of ether oxygens (including phenoxy) is 1. The third kappa shape index (κ3) is 8.05. The van der Waals surface area contributed by atoms with Gasteiger partial charge in [0.15, 0.2) is 5.82 Å². The minimum Gasteiger partial charge on any atom is -0.444 e. The summed E-state index contributed by atoms with van der Waals surface area (Å²) in [5.41, 5.74) is 9.33. The van der Waals surface area contributed by atoms with Crippen LogP contribution in [0.15, 0.2) is 83.5 Å². The average molecular weight is 488 g/mol. The second kappa shape index (κ2) is 11.3. The Hall–Kier alpha value is -4.53. The number of amides is 1. The maximum absolute atomic E-state index is 12.0. The average Bonchev–Trinajstić information content (AvgIpc) is 2.78. The first-order chi connectivity index (χ1) is 17.0. The Morgan fingerprint density at radius 3 is 2.39 bits per heavy atom. The first-order valence-corrected chi connectivity index (χ1v) is 11.3. The molecule has 0 unspecified atom stereocenters. The number of non-ortho nitro benzene ring substituents is 1. The van der Waals surface area contributed by atoms with Crippen LogP contribution in [0.25, 0.3) is 11.3 Å². The summed E-state index contributed by atoms with van der Waals surface area (Å²) in [7, 11) is 0. The number of amidine groups is 1. The molecule has 3 aromatic rings. The van der Waals surface area contributed by atoms with Gasteiger partial charge in [-0.2, -0.15) is 0 Å². The van der Waals surface area contributed by atoms with Gasteiger partial charge in [0.05, 0.1) is 10.6 Å². The van der Waals surface area contributed by atoms with E-state index < -0.39 is 16.6 Å². The molecule has 0 atom stereocenters. The quantitative estimate of drug-likeness (QED) is 0.191. The number of nitrogens with zero attached hydrogens (tertiary/aromatic N) is 3. The number of hydrogen-bond acceptors (Lipinski definition) is 6. The fourth-order valence-electron chi connectivity index (χ4n) is 3.35. The van der Waals surface area contributed by atoms with Gasteiger partial charge < -0.3 is 10.5 Å². The number of benzene rings is 2. The number of aromatic nitrogens is 1. The molecule has 0 aliphatic rings. The zero-order chi connectivity index (χ0) is 26.3. The standard InChI is InChI=1S/C27H29N5O4/c1-18(29-26(33)36-27(2,3)4)14-24(28)31-25-17-20(15-19-8-6-5-7-9-19)16-23(30-25)21-10-12-22(13-11-21)32(34)35/h5-14,16-17H,15H2,1-4H3,(H,29,33)(H2,28,30,31)/b18-14-. The van der Waals surface area contributed by atoms with Crippen molar-refractivity contribution < 1.29 is 14.5 Å². The van der Waals surface area contributed by atoms with Crippen molar-refractivity contribution in [3.05, 3.63) is 99.7 Å². The molecule has 0 spiro atoms. The van der Waals surface area contributed by atoms with Gasteiger partial charge in [-0.05, 0) is 75.6 Å². The van der Waals surface area contributed by atoms with Crippen LogP contribution in [0.2, 0.25) is 0 Å². The number of pyridine rings is 1. The Bertz CT molecular complexity index is 1290. The van der Waals surface area contributed by atoms with Gasteiger partial charge in [-0.3, -0.25) is 15.4 Å². The number of allylic oxidation sites excluding steroid dienone is 1. The fraction of sp³-hybridized carbons (Fsp3) is 0.222. The molecule has 0 fully saturated rings. The minimum atomic E-state index is -0.624. The van der Waals surface area contributed by atoms with Gasteiger partial charge in [0.1, 0.15) is 11.4 Å². The summed E-state index contributed by atoms with van der Waals surface area (Å²) in [5.74, 6) is 0.512. The summed E-state index contributed by atoms with van der Waals surface area (Å²) >= 11 is 0. The van der Waals surface area contributed by atoms with Crippen LogP contribution >= 0.6 is 0 Å². The van der Waals surface area contributed by atoms with Gasteiger partial charge in [0.25, 0.3) is 5.69 Å². The van der Waals surface area contributed by atoms with E-state index in [4.69, 9.17) is 10.5 Å². The van der Waals surface area contributed by atoms with Crippen molar-refractivity contribution in [1.29, 1.82) is 0 Å². The monoisotopic (exact) mass is 487 g/mol. The number of nitrogens with one attached hydrogen (secondary N) is 1. The second-order valence-corrected chi connectivity index (χ2v) is 9.18. The van der Waals surface area contributed by atoms with E-state index in [1.165, 1.54) is 18.2 Å². The van der Waals surface area contributed by atoms with Gasteiger partial charge in [-0.1, -0.05) is 30.3 Å². The van der Waals surface area contributed by atoms with Crippen molar-refractivity contribution in [2.75, 3.05) is 0 Å². The fourth-order valence-corrected chi connectivity index (χ4v) is 3.35. The predicted octanol–water partition coefficient (Wildman–Crippen LogP) is 5.66. The summed E-state index contributed by atoms with van der Waals surface area (Å²) in [6.45, 7) is 7.00. The molecule has 9 heteroatoms. The highest BCUT2D eigenvalue weighted by molar-refractivity contribution is 5.94. The van der Waals surface area contributed by atoms with Gasteiger partial charge in [0.2, 0.25) is 0 Å². The highest BCUT2D eigenvalue weighted by atomic mass is 16.6. The summed E-state index contributed by atoms with van der Waals surface area (Å²) in [4.78, 5) is 31.6. The predicted molar refractivity (Wildman–Crippen MR) is 140 cm³/mol. The number of nitro groups is 1. The highest BCUT2D eigenvalue weighted by Crippen LogP contribution is 2.26. The Morgan fingerprint density at radius 2 is 1.78 bits per heavy atom. The van der Waals surface area contributed by atoms with Crippen LogP contribution in [0, 0.1) is 10.1 Å². The van der Waals surface area contributed by atoms with Crippen molar-refractivity contribution >= 4 is 23.4 Å². The van der Waals surface area contributed by atoms with E-state index in [0.29, 0.717) is 29.2 Å². The second-order valence-electron chi connectivity index (χ2n) is 9.18. The molecule has 3 N–H and O–H groups in total. The number of rotatable bonds is 7. The van der Waals surface area contributed by atoms with Crippen LogP contribution in [0.3, 0.4) is 0 Å². The van der Waals surface area contributed by atoms with Crippen molar-refractivity contribution in [3.63, 3.8) is 0 Å². The van der Waals surface area contributed by atoms with Crippen LogP contribution in [0.1, 0.15) is 38.8 Å². The largest absolute Gasteiger partial charge is 0.444 e. The van der Waals surface area contributed by atoms with Gasteiger partial charge in [0, 0.05) is 23.4 Å². The number of nitrogens with two attached hydrogens (primary N) is 1. The lowest BCUT2D eigenvalue weighted by Gasteiger charge is -2.19. The number of nitro benzene ring substituents is 1. The maximum Gasteiger partial charge on any atom is 0.411 e. The van der Waals surface area contributed by atoms with Crippen LogP contribution in [0.5, 0.6) is 0 Å². The third-order valence-electron chi connectivity index (χ3n) is 4.80. The molecule has 1 amide bonds. The zero-order valence-corrected chi connectivity index (χ0v) is 20.7. The number of hydrogen-bond donors (Lipinski definition) is 2. The van der Waals surface area contributed by atoms with E-state index >= 15 is 0 Å². The normalized spacial score (nSPS) is 12.2. The molecule has 1 aromatic heterocycles. The summed E-state index contributed by atoms with van der Waals surface area (Å²) in [6.07, 6.45) is 1.56. The van der Waals surface area contributed by atoms with E-state index in [1.807, 2.05) is 42.5 Å². The van der Waals surface area contributed by atoms with E-state index in [1.54, 1.807) is 39.8 Å². The Balaban J connectivity index is 1.92. The topological polar surface area (TPSA) is 133 Å². The third-order valence-corrected chi connectivity index (χ3v) is 4.80. The van der Waals surface area contributed by atoms with Crippen LogP contribution < -0.4 is 11.1 Å². The molecule has 0 radical (unpaired) electrons. The molecule has 36 heavy (non-hydrogen) atoms. The number of carbonyl (C=O) groups excluding carboxylic acids is 1. The Kier molecular flexibility index (Phi) is 8.16. The van der Waals surface area contributed by atoms with E-state index in [0.717, 1.165) is 11.1 Å². The van der Waals surface area contributed by atoms with Crippen LogP contribution in [0.4, 0.5) is 16.3 Å². The SMILES string of the molecule is C/C(=C/C(N)=Nc1cc(Cc2ccccc2)cc(-c2ccc([N+](=O)[O-])cc2)n1)NC(=O)OC(C)(C)C. The number of aliphatic imine (C=N–C) groups is 1. The van der Waals surface area contributed by atoms with Crippen molar-refractivity contribution in [3.8, 4) is 11.3 Å². The van der Waals surface area contributed by atoms with E-state index in [-0.39, 0.29) is 11.5 Å². The molecule has 0 saturated carbocycles. The van der Waals surface area contributed by atoms with Crippen molar-refractivity contribution in [2.45, 2.75) is 39.7 Å². The molecule has 186 valence electrons. The summed E-state index contributed by atoms with van der Waals surface area (Å²) in [5, 5.41) is 13.6. The van der Waals surface area contributed by atoms with Crippen LogP contribution in [-0.4, -0.2) is 27.4 Å². The molecule has 3 rings (SSSR count).